The van der Waals surface area contributed by atoms with E-state index in [2.05, 4.69) is 15.6 Å². The number of nitrogens with one attached hydrogen (secondary N) is 3. The number of Topliss-reactive ketones (excluding diaryl/α,β-unsaturated/α-hetero) is 1. The lowest BCUT2D eigenvalue weighted by Crippen LogP contribution is -2.26. The van der Waals surface area contributed by atoms with Gasteiger partial charge in [-0.3, -0.25) is 14.4 Å². The molecular weight excluding hydrogens is 342 g/mol. The van der Waals surface area contributed by atoms with Crippen LogP contribution in [0.2, 0.25) is 0 Å². The van der Waals surface area contributed by atoms with Crippen LogP contribution in [0.3, 0.4) is 0 Å². The van der Waals surface area contributed by atoms with Crippen molar-refractivity contribution >= 4 is 34.2 Å². The number of aromatic nitrogens is 1. The van der Waals surface area contributed by atoms with Crippen molar-refractivity contribution in [1.29, 1.82) is 0 Å². The van der Waals surface area contributed by atoms with Crippen molar-refractivity contribution < 1.29 is 14.4 Å². The van der Waals surface area contributed by atoms with Crippen LogP contribution in [0.15, 0.2) is 48.5 Å². The number of aromatic amines is 1. The molecule has 0 radical (unpaired) electrons. The van der Waals surface area contributed by atoms with Crippen LogP contribution in [-0.2, 0) is 4.79 Å². The third-order valence-electron chi connectivity index (χ3n) is 4.62. The average Bonchev–Trinajstić information content (AvgIpc) is 3.41. The maximum atomic E-state index is 12.7. The fourth-order valence-corrected chi connectivity index (χ4v) is 3.11. The van der Waals surface area contributed by atoms with Crippen molar-refractivity contribution in [2.45, 2.75) is 25.8 Å². The van der Waals surface area contributed by atoms with Crippen LogP contribution in [0.4, 0.5) is 5.69 Å². The van der Waals surface area contributed by atoms with Gasteiger partial charge in [0.1, 0.15) is 0 Å². The van der Waals surface area contributed by atoms with Gasteiger partial charge in [0, 0.05) is 33.9 Å². The molecule has 0 atom stereocenters. The van der Waals surface area contributed by atoms with Crippen LogP contribution < -0.4 is 10.6 Å². The quantitative estimate of drug-likeness (QED) is 0.481. The van der Waals surface area contributed by atoms with Crippen molar-refractivity contribution in [1.82, 2.24) is 10.3 Å². The fourth-order valence-electron chi connectivity index (χ4n) is 3.11. The number of benzene rings is 2. The highest BCUT2D eigenvalue weighted by Crippen LogP contribution is 2.23. The average molecular weight is 361 g/mol. The number of aryl methyl sites for hydroxylation is 1. The minimum atomic E-state index is -0.734. The van der Waals surface area contributed by atoms with Crippen LogP contribution in [0.5, 0.6) is 0 Å². The van der Waals surface area contributed by atoms with Gasteiger partial charge in [-0.2, -0.15) is 0 Å². The van der Waals surface area contributed by atoms with Crippen molar-refractivity contribution in [3.63, 3.8) is 0 Å². The van der Waals surface area contributed by atoms with Gasteiger partial charge in [-0.05, 0) is 44.0 Å². The van der Waals surface area contributed by atoms with Crippen molar-refractivity contribution in [3.05, 3.63) is 65.4 Å². The van der Waals surface area contributed by atoms with E-state index in [0.717, 1.165) is 18.4 Å². The molecule has 6 heteroatoms. The Morgan fingerprint density at radius 3 is 2.59 bits per heavy atom. The second-order valence-electron chi connectivity index (χ2n) is 6.78. The molecular formula is C21H19N3O3. The molecule has 0 spiro atoms. The number of rotatable bonds is 5. The Morgan fingerprint density at radius 1 is 1.04 bits per heavy atom. The molecule has 6 nitrogen and oxygen atoms in total. The molecule has 0 aliphatic heterocycles. The van der Waals surface area contributed by atoms with Crippen LogP contribution >= 0.6 is 0 Å². The molecule has 136 valence electrons. The number of ketones is 1. The molecule has 4 rings (SSSR count). The van der Waals surface area contributed by atoms with Crippen molar-refractivity contribution in [2.24, 2.45) is 0 Å². The molecule has 3 aromatic rings. The molecule has 1 saturated carbocycles. The summed E-state index contributed by atoms with van der Waals surface area (Å²) in [6.45, 7) is 1.77. The number of amides is 2. The number of para-hydroxylation sites is 1. The molecule has 1 fully saturated rings. The number of hydrogen-bond donors (Lipinski definition) is 3. The largest absolute Gasteiger partial charge is 0.358 e. The van der Waals surface area contributed by atoms with E-state index < -0.39 is 11.7 Å². The molecule has 0 saturated heterocycles. The fraction of sp³-hybridized carbons (Fsp3) is 0.190. The van der Waals surface area contributed by atoms with Gasteiger partial charge in [0.25, 0.3) is 17.6 Å². The molecule has 0 bridgehead atoms. The molecule has 2 aromatic carbocycles. The summed E-state index contributed by atoms with van der Waals surface area (Å²) in [4.78, 5) is 40.5. The van der Waals surface area contributed by atoms with E-state index in [9.17, 15) is 14.4 Å². The molecule has 1 aliphatic rings. The Morgan fingerprint density at radius 2 is 1.81 bits per heavy atom. The molecule has 1 aliphatic carbocycles. The summed E-state index contributed by atoms with van der Waals surface area (Å²) in [5, 5.41) is 6.22. The predicted molar refractivity (Wildman–Crippen MR) is 103 cm³/mol. The smallest absolute Gasteiger partial charge is 0.296 e. The first-order chi connectivity index (χ1) is 13.0. The first-order valence-corrected chi connectivity index (χ1v) is 8.87. The zero-order valence-electron chi connectivity index (χ0n) is 14.8. The van der Waals surface area contributed by atoms with Gasteiger partial charge in [0.05, 0.1) is 5.56 Å². The number of fused-ring (bicyclic) bond motifs is 1. The third-order valence-corrected chi connectivity index (χ3v) is 4.62. The van der Waals surface area contributed by atoms with Crippen LogP contribution in [0, 0.1) is 6.92 Å². The SMILES string of the molecule is Cc1[nH]c2ccccc2c1C(=O)C(=O)Nc1cccc(C(=O)NC2CC2)c1. The maximum absolute atomic E-state index is 12.7. The highest BCUT2D eigenvalue weighted by atomic mass is 16.2. The van der Waals surface area contributed by atoms with E-state index in [1.165, 1.54) is 0 Å². The van der Waals surface area contributed by atoms with Crippen LogP contribution in [0.1, 0.15) is 39.3 Å². The molecule has 2 amide bonds. The Bertz CT molecular complexity index is 1060. The molecule has 1 heterocycles. The van der Waals surface area contributed by atoms with Gasteiger partial charge >= 0.3 is 0 Å². The van der Waals surface area contributed by atoms with Gasteiger partial charge in [-0.25, -0.2) is 0 Å². The first-order valence-electron chi connectivity index (χ1n) is 8.87. The third kappa shape index (κ3) is 3.46. The summed E-state index contributed by atoms with van der Waals surface area (Å²) in [5.74, 6) is -1.52. The lowest BCUT2D eigenvalue weighted by Gasteiger charge is -2.08. The zero-order chi connectivity index (χ0) is 19.0. The monoisotopic (exact) mass is 361 g/mol. The lowest BCUT2D eigenvalue weighted by atomic mass is 10.1. The van der Waals surface area contributed by atoms with E-state index in [0.29, 0.717) is 27.9 Å². The summed E-state index contributed by atoms with van der Waals surface area (Å²) >= 11 is 0. The number of hydrogen-bond acceptors (Lipinski definition) is 3. The first kappa shape index (κ1) is 17.0. The van der Waals surface area contributed by atoms with E-state index in [4.69, 9.17) is 0 Å². The van der Waals surface area contributed by atoms with Crippen molar-refractivity contribution in [3.8, 4) is 0 Å². The molecule has 0 unspecified atom stereocenters. The summed E-state index contributed by atoms with van der Waals surface area (Å²) in [7, 11) is 0. The van der Waals surface area contributed by atoms with Gasteiger partial charge < -0.3 is 15.6 Å². The van der Waals surface area contributed by atoms with Gasteiger partial charge in [-0.1, -0.05) is 24.3 Å². The van der Waals surface area contributed by atoms with E-state index in [-0.39, 0.29) is 11.9 Å². The van der Waals surface area contributed by atoms with Gasteiger partial charge in [-0.15, -0.1) is 0 Å². The Hall–Kier alpha value is -3.41. The number of carbonyl (C=O) groups excluding carboxylic acids is 3. The minimum absolute atomic E-state index is 0.174. The van der Waals surface area contributed by atoms with E-state index in [1.54, 1.807) is 31.2 Å². The molecule has 27 heavy (non-hydrogen) atoms. The molecule has 1 aromatic heterocycles. The topological polar surface area (TPSA) is 91.1 Å². The second kappa shape index (κ2) is 6.72. The number of carbonyl (C=O) groups is 3. The summed E-state index contributed by atoms with van der Waals surface area (Å²) in [6, 6.07) is 14.2. The Labute approximate surface area is 156 Å². The Kier molecular flexibility index (Phi) is 4.24. The number of anilines is 1. The minimum Gasteiger partial charge on any atom is -0.358 e. The second-order valence-corrected chi connectivity index (χ2v) is 6.78. The standard InChI is InChI=1S/C21H19N3O3/c1-12-18(16-7-2-3-8-17(16)22-12)19(25)21(27)24-15-6-4-5-13(11-15)20(26)23-14-9-10-14/h2-8,11,14,22H,9-10H2,1H3,(H,23,26)(H,24,27). The van der Waals surface area contributed by atoms with E-state index in [1.807, 2.05) is 24.3 Å². The summed E-state index contributed by atoms with van der Waals surface area (Å²) < 4.78 is 0. The van der Waals surface area contributed by atoms with Crippen molar-refractivity contribution in [2.75, 3.05) is 5.32 Å². The highest BCUT2D eigenvalue weighted by molar-refractivity contribution is 6.48. The summed E-state index contributed by atoms with van der Waals surface area (Å²) in [5.41, 5.74) is 2.69. The highest BCUT2D eigenvalue weighted by Gasteiger charge is 2.25. The predicted octanol–water partition coefficient (Wildman–Crippen LogP) is 3.19. The zero-order valence-corrected chi connectivity index (χ0v) is 14.8. The maximum Gasteiger partial charge on any atom is 0.296 e. The Balaban J connectivity index is 1.54. The van der Waals surface area contributed by atoms with Crippen LogP contribution in [0.25, 0.3) is 10.9 Å². The van der Waals surface area contributed by atoms with E-state index >= 15 is 0 Å². The molecule has 3 N–H and O–H groups in total. The van der Waals surface area contributed by atoms with Gasteiger partial charge in [0.2, 0.25) is 0 Å². The van der Waals surface area contributed by atoms with Gasteiger partial charge in [0.15, 0.2) is 0 Å². The lowest BCUT2D eigenvalue weighted by molar-refractivity contribution is -0.112. The normalized spacial score (nSPS) is 13.4. The van der Waals surface area contributed by atoms with Crippen LogP contribution in [-0.4, -0.2) is 28.6 Å². The summed E-state index contributed by atoms with van der Waals surface area (Å²) in [6.07, 6.45) is 2.00. The number of H-pyrrole nitrogens is 1.